The van der Waals surface area contributed by atoms with Crippen LogP contribution in [0.2, 0.25) is 0 Å². The van der Waals surface area contributed by atoms with E-state index in [-0.39, 0.29) is 36.0 Å². The number of carbonyl (C=O) groups is 3. The van der Waals surface area contributed by atoms with Crippen molar-refractivity contribution < 1.29 is 28.3 Å². The van der Waals surface area contributed by atoms with E-state index in [2.05, 4.69) is 0 Å². The minimum Gasteiger partial charge on any atom is -0.472 e. The van der Waals surface area contributed by atoms with Gasteiger partial charge in [-0.2, -0.15) is 0 Å². The van der Waals surface area contributed by atoms with Crippen LogP contribution in [0.3, 0.4) is 0 Å². The van der Waals surface area contributed by atoms with Crippen LogP contribution in [0, 0.1) is 22.7 Å². The molecule has 1 saturated carbocycles. The third kappa shape index (κ3) is 2.57. The Morgan fingerprint density at radius 2 is 2.15 bits per heavy atom. The topological polar surface area (TPSA) is 82.8 Å². The molecule has 1 saturated heterocycles. The number of methoxy groups -OCH3 is 1. The fourth-order valence-electron chi connectivity index (χ4n) is 5.76. The van der Waals surface area contributed by atoms with Crippen LogP contribution in [0.15, 0.2) is 34.7 Å². The molecule has 4 rings (SSSR count). The van der Waals surface area contributed by atoms with E-state index in [0.29, 0.717) is 25.0 Å². The molecule has 0 N–H and O–H groups in total. The highest BCUT2D eigenvalue weighted by molar-refractivity contribution is 5.97. The number of ether oxygens (including phenoxy) is 2. The number of hydrogen-bond donors (Lipinski definition) is 0. The molecule has 0 bridgehead atoms. The van der Waals surface area contributed by atoms with Crippen molar-refractivity contribution in [2.75, 3.05) is 13.7 Å². The van der Waals surface area contributed by atoms with Crippen molar-refractivity contribution in [3.05, 3.63) is 35.8 Å². The van der Waals surface area contributed by atoms with Crippen LogP contribution in [0.5, 0.6) is 0 Å². The number of cyclic esters (lactones) is 1. The van der Waals surface area contributed by atoms with Crippen molar-refractivity contribution in [2.45, 2.75) is 39.0 Å². The van der Waals surface area contributed by atoms with Crippen molar-refractivity contribution in [1.82, 2.24) is 0 Å². The first-order valence-electron chi connectivity index (χ1n) is 9.43. The lowest BCUT2D eigenvalue weighted by molar-refractivity contribution is -0.160. The van der Waals surface area contributed by atoms with Gasteiger partial charge >= 0.3 is 11.9 Å². The molecule has 1 spiro atoms. The third-order valence-corrected chi connectivity index (χ3v) is 7.03. The first kappa shape index (κ1) is 18.0. The van der Waals surface area contributed by atoms with E-state index >= 15 is 0 Å². The van der Waals surface area contributed by atoms with Crippen LogP contribution in [-0.2, 0) is 19.1 Å². The van der Waals surface area contributed by atoms with Crippen LogP contribution in [0.1, 0.15) is 49.4 Å². The number of allylic oxidation sites excluding steroid dienone is 1. The zero-order valence-electron chi connectivity index (χ0n) is 15.7. The fourth-order valence-corrected chi connectivity index (χ4v) is 5.76. The highest BCUT2D eigenvalue weighted by Gasteiger charge is 2.63. The zero-order chi connectivity index (χ0) is 19.2. The molecule has 144 valence electrons. The van der Waals surface area contributed by atoms with Gasteiger partial charge in [0.05, 0.1) is 24.9 Å². The monoisotopic (exact) mass is 372 g/mol. The largest absolute Gasteiger partial charge is 0.472 e. The second kappa shape index (κ2) is 6.36. The average Bonchev–Trinajstić information content (AvgIpc) is 3.30. The Hall–Kier alpha value is -2.37. The number of ketones is 1. The fraction of sp³-hybridized carbons (Fsp3) is 0.571. The second-order valence-corrected chi connectivity index (χ2v) is 8.21. The molecule has 0 radical (unpaired) electrons. The van der Waals surface area contributed by atoms with E-state index in [0.717, 1.165) is 18.4 Å². The van der Waals surface area contributed by atoms with Crippen molar-refractivity contribution in [3.8, 4) is 0 Å². The van der Waals surface area contributed by atoms with E-state index < -0.39 is 10.8 Å². The number of rotatable bonds is 4. The summed E-state index contributed by atoms with van der Waals surface area (Å²) in [5, 5.41) is 0. The van der Waals surface area contributed by atoms with Gasteiger partial charge in [0.15, 0.2) is 5.78 Å². The maximum Gasteiger partial charge on any atom is 0.334 e. The van der Waals surface area contributed by atoms with E-state index in [9.17, 15) is 14.4 Å². The van der Waals surface area contributed by atoms with Crippen LogP contribution < -0.4 is 0 Å². The van der Waals surface area contributed by atoms with Gasteiger partial charge in [-0.05, 0) is 43.1 Å². The molecular weight excluding hydrogens is 348 g/mol. The summed E-state index contributed by atoms with van der Waals surface area (Å²) in [6, 6.07) is 1.64. The summed E-state index contributed by atoms with van der Waals surface area (Å²) in [7, 11) is 1.39. The third-order valence-electron chi connectivity index (χ3n) is 7.03. The molecule has 4 atom stereocenters. The van der Waals surface area contributed by atoms with Crippen LogP contribution >= 0.6 is 0 Å². The van der Waals surface area contributed by atoms with E-state index in [4.69, 9.17) is 13.9 Å². The van der Waals surface area contributed by atoms with Crippen LogP contribution in [0.4, 0.5) is 0 Å². The van der Waals surface area contributed by atoms with Gasteiger partial charge in [-0.1, -0.05) is 13.0 Å². The Labute approximate surface area is 157 Å². The number of carbonyl (C=O) groups excluding carboxylic acids is 3. The van der Waals surface area contributed by atoms with Gasteiger partial charge in [0.25, 0.3) is 0 Å². The Bertz CT molecular complexity index is 807. The Morgan fingerprint density at radius 1 is 1.33 bits per heavy atom. The standard InChI is InChI=1S/C21H24O6/c1-20(10-16(22)13-7-9-26-11-13)14(18(23)25-2)6-8-21-12-27-19(24)15(21)4-3-5-17(20)21/h4,7,9,11,14,17H,3,5-6,8,10,12H2,1-2H3/t14-,17?,20-,21+/m0/s1. The van der Waals surface area contributed by atoms with Crippen molar-refractivity contribution >= 4 is 17.7 Å². The number of hydrogen-bond acceptors (Lipinski definition) is 6. The van der Waals surface area contributed by atoms with E-state index in [1.165, 1.54) is 19.6 Å². The molecule has 3 aliphatic rings. The molecule has 0 amide bonds. The molecule has 0 aromatic carbocycles. The molecule has 1 unspecified atom stereocenters. The zero-order valence-corrected chi connectivity index (χ0v) is 15.7. The van der Waals surface area contributed by atoms with Crippen molar-refractivity contribution in [1.29, 1.82) is 0 Å². The summed E-state index contributed by atoms with van der Waals surface area (Å²) in [6.45, 7) is 2.34. The molecule has 6 heteroatoms. The summed E-state index contributed by atoms with van der Waals surface area (Å²) in [5.74, 6) is -0.971. The highest BCUT2D eigenvalue weighted by Crippen LogP contribution is 2.64. The smallest absolute Gasteiger partial charge is 0.334 e. The quantitative estimate of drug-likeness (QED) is 0.596. The minimum absolute atomic E-state index is 0.00477. The predicted molar refractivity (Wildman–Crippen MR) is 94.7 cm³/mol. The van der Waals surface area contributed by atoms with Gasteiger partial charge in [0.1, 0.15) is 12.9 Å². The molecule has 1 aliphatic heterocycles. The normalized spacial score (nSPS) is 34.9. The summed E-state index contributed by atoms with van der Waals surface area (Å²) in [6.07, 6.45) is 7.95. The molecule has 2 aliphatic carbocycles. The highest BCUT2D eigenvalue weighted by atomic mass is 16.5. The van der Waals surface area contributed by atoms with E-state index in [1.807, 2.05) is 13.0 Å². The van der Waals surface area contributed by atoms with Crippen LogP contribution in [-0.4, -0.2) is 31.4 Å². The summed E-state index contributed by atoms with van der Waals surface area (Å²) >= 11 is 0. The summed E-state index contributed by atoms with van der Waals surface area (Å²) < 4.78 is 15.6. The van der Waals surface area contributed by atoms with Crippen molar-refractivity contribution in [2.24, 2.45) is 22.7 Å². The summed E-state index contributed by atoms with van der Waals surface area (Å²) in [5.41, 5.74) is 0.229. The van der Waals surface area contributed by atoms with Gasteiger partial charge in [0, 0.05) is 17.4 Å². The lowest BCUT2D eigenvalue weighted by atomic mass is 9.46. The van der Waals surface area contributed by atoms with Gasteiger partial charge in [-0.15, -0.1) is 0 Å². The number of esters is 2. The van der Waals surface area contributed by atoms with Crippen LogP contribution in [0.25, 0.3) is 0 Å². The Morgan fingerprint density at radius 3 is 2.85 bits per heavy atom. The maximum absolute atomic E-state index is 12.9. The van der Waals surface area contributed by atoms with Gasteiger partial charge in [-0.25, -0.2) is 4.79 Å². The molecule has 6 nitrogen and oxygen atoms in total. The lowest BCUT2D eigenvalue weighted by Gasteiger charge is -2.55. The first-order chi connectivity index (χ1) is 12.9. The molecule has 1 aromatic rings. The van der Waals surface area contributed by atoms with Gasteiger partial charge in [-0.3, -0.25) is 9.59 Å². The molecule has 27 heavy (non-hydrogen) atoms. The van der Waals surface area contributed by atoms with E-state index in [1.54, 1.807) is 6.07 Å². The maximum atomic E-state index is 12.9. The molecular formula is C21H24O6. The predicted octanol–water partition coefficient (Wildman–Crippen LogP) is 3.32. The number of Topliss-reactive ketones (excluding diaryl/α,β-unsaturated/α-hetero) is 1. The Balaban J connectivity index is 1.75. The number of furan rings is 1. The second-order valence-electron chi connectivity index (χ2n) is 8.21. The van der Waals surface area contributed by atoms with Gasteiger partial charge < -0.3 is 13.9 Å². The molecule has 2 fully saturated rings. The average molecular weight is 372 g/mol. The lowest BCUT2D eigenvalue weighted by Crippen LogP contribution is -2.55. The minimum atomic E-state index is -0.618. The Kier molecular flexibility index (Phi) is 4.24. The summed E-state index contributed by atoms with van der Waals surface area (Å²) in [4.78, 5) is 37.8. The van der Waals surface area contributed by atoms with Crippen molar-refractivity contribution in [3.63, 3.8) is 0 Å². The molecule has 2 heterocycles. The first-order valence-corrected chi connectivity index (χ1v) is 9.43. The molecule has 1 aromatic heterocycles. The van der Waals surface area contributed by atoms with Gasteiger partial charge in [0.2, 0.25) is 0 Å². The SMILES string of the molecule is COC(=O)[C@@H]1CC[C@@]23COC(=O)C2=CCCC3[C@@]1(C)CC(=O)c1ccoc1.